The molecule has 1 aromatic heterocycles. The number of rotatable bonds is 6. The minimum atomic E-state index is 0.448. The van der Waals surface area contributed by atoms with Crippen molar-refractivity contribution in [2.24, 2.45) is 0 Å². The van der Waals surface area contributed by atoms with E-state index >= 15 is 0 Å². The average Bonchev–Trinajstić information content (AvgIpc) is 3.18. The van der Waals surface area contributed by atoms with Crippen molar-refractivity contribution in [1.29, 1.82) is 0 Å². The van der Waals surface area contributed by atoms with Gasteiger partial charge < -0.3 is 14.2 Å². The molecule has 4 nitrogen and oxygen atoms in total. The van der Waals surface area contributed by atoms with Gasteiger partial charge in [0.25, 0.3) is 0 Å². The van der Waals surface area contributed by atoms with Crippen molar-refractivity contribution in [2.45, 2.75) is 18.9 Å². The molecule has 0 spiro atoms. The van der Waals surface area contributed by atoms with Crippen LogP contribution < -0.4 is 4.74 Å². The third-order valence-electron chi connectivity index (χ3n) is 5.42. The maximum absolute atomic E-state index is 5.99. The first-order chi connectivity index (χ1) is 13.8. The fourth-order valence-electron chi connectivity index (χ4n) is 3.92. The van der Waals surface area contributed by atoms with Crippen molar-refractivity contribution in [3.8, 4) is 28.3 Å². The largest absolute Gasteiger partial charge is 0.489 e. The van der Waals surface area contributed by atoms with E-state index in [2.05, 4.69) is 59.5 Å². The zero-order chi connectivity index (χ0) is 19.3. The Morgan fingerprint density at radius 1 is 1.07 bits per heavy atom. The Morgan fingerprint density at radius 3 is 2.54 bits per heavy atom. The van der Waals surface area contributed by atoms with Gasteiger partial charge in [-0.05, 0) is 45.1 Å². The van der Waals surface area contributed by atoms with Crippen LogP contribution in [0.4, 0.5) is 0 Å². The summed E-state index contributed by atoms with van der Waals surface area (Å²) in [6.07, 6.45) is 6.05. The Balaban J connectivity index is 1.84. The smallest absolute Gasteiger partial charge is 0.129 e. The summed E-state index contributed by atoms with van der Waals surface area (Å²) in [6, 6.07) is 19.1. The van der Waals surface area contributed by atoms with Crippen LogP contribution in [0.5, 0.6) is 5.75 Å². The quantitative estimate of drug-likeness (QED) is 0.567. The zero-order valence-electron chi connectivity index (χ0n) is 16.4. The number of benzene rings is 2. The van der Waals surface area contributed by atoms with E-state index < -0.39 is 0 Å². The van der Waals surface area contributed by atoms with E-state index in [1.807, 2.05) is 24.5 Å². The third kappa shape index (κ3) is 3.73. The van der Waals surface area contributed by atoms with Gasteiger partial charge in [-0.2, -0.15) is 0 Å². The highest BCUT2D eigenvalue weighted by Crippen LogP contribution is 2.39. The lowest BCUT2D eigenvalue weighted by atomic mass is 10.0. The van der Waals surface area contributed by atoms with E-state index in [1.165, 1.54) is 0 Å². The highest BCUT2D eigenvalue weighted by Gasteiger charge is 2.25. The molecule has 2 heterocycles. The molecular weight excluding hydrogens is 346 g/mol. The molecule has 3 aromatic rings. The van der Waals surface area contributed by atoms with Gasteiger partial charge in [0.05, 0.1) is 17.7 Å². The molecule has 0 unspecified atom stereocenters. The Hall–Kier alpha value is -2.85. The van der Waals surface area contributed by atoms with Gasteiger partial charge >= 0.3 is 0 Å². The Morgan fingerprint density at radius 2 is 1.79 bits per heavy atom. The van der Waals surface area contributed by atoms with Crippen LogP contribution in [-0.4, -0.2) is 41.2 Å². The number of para-hydroxylation sites is 1. The maximum atomic E-state index is 5.99. The molecule has 0 saturated carbocycles. The summed E-state index contributed by atoms with van der Waals surface area (Å²) in [6.45, 7) is 6.49. The normalized spacial score (nSPS) is 15.5. The summed E-state index contributed by atoms with van der Waals surface area (Å²) in [5.41, 5.74) is 4.36. The number of hydrogen-bond donors (Lipinski definition) is 0. The molecule has 144 valence electrons. The predicted octanol–water partition coefficient (Wildman–Crippen LogP) is 5.05. The van der Waals surface area contributed by atoms with Gasteiger partial charge in [0.2, 0.25) is 0 Å². The lowest BCUT2D eigenvalue weighted by molar-refractivity contribution is 0.222. The van der Waals surface area contributed by atoms with Gasteiger partial charge in [0.1, 0.15) is 12.4 Å². The van der Waals surface area contributed by atoms with Gasteiger partial charge in [-0.25, -0.2) is 4.98 Å². The number of hydrogen-bond acceptors (Lipinski definition) is 3. The van der Waals surface area contributed by atoms with Crippen LogP contribution in [0.2, 0.25) is 0 Å². The average molecular weight is 374 g/mol. The van der Waals surface area contributed by atoms with Crippen LogP contribution in [0.25, 0.3) is 22.5 Å². The molecule has 2 aromatic carbocycles. The first-order valence-corrected chi connectivity index (χ1v) is 9.92. The van der Waals surface area contributed by atoms with Crippen molar-refractivity contribution in [3.63, 3.8) is 0 Å². The van der Waals surface area contributed by atoms with Crippen LogP contribution in [0.15, 0.2) is 73.6 Å². The van der Waals surface area contributed by atoms with Crippen molar-refractivity contribution < 1.29 is 4.74 Å². The summed E-state index contributed by atoms with van der Waals surface area (Å²) in [7, 11) is 2.19. The minimum Gasteiger partial charge on any atom is -0.489 e. The summed E-state index contributed by atoms with van der Waals surface area (Å²) >= 11 is 0. The molecule has 1 saturated heterocycles. The lowest BCUT2D eigenvalue weighted by Crippen LogP contribution is -2.31. The topological polar surface area (TPSA) is 30.3 Å². The SMILES string of the molecule is C=CCOc1ccccc1-c1c(-c2ccccc2)ncn1C1CCN(C)CC1. The Kier molecular flexibility index (Phi) is 5.58. The number of nitrogens with zero attached hydrogens (tertiary/aromatic N) is 3. The van der Waals surface area contributed by atoms with Gasteiger partial charge in [-0.1, -0.05) is 55.1 Å². The predicted molar refractivity (Wildman–Crippen MR) is 115 cm³/mol. The van der Waals surface area contributed by atoms with E-state index in [-0.39, 0.29) is 0 Å². The Labute approximate surface area is 167 Å². The second kappa shape index (κ2) is 8.44. The Bertz CT molecular complexity index is 924. The summed E-state index contributed by atoms with van der Waals surface area (Å²) in [5.74, 6) is 0.870. The van der Waals surface area contributed by atoms with E-state index in [0.29, 0.717) is 12.6 Å². The molecule has 0 aliphatic carbocycles. The number of aromatic nitrogens is 2. The van der Waals surface area contributed by atoms with Crippen LogP contribution in [0, 0.1) is 0 Å². The lowest BCUT2D eigenvalue weighted by Gasteiger charge is -2.31. The van der Waals surface area contributed by atoms with Crippen LogP contribution >= 0.6 is 0 Å². The maximum Gasteiger partial charge on any atom is 0.129 e. The highest BCUT2D eigenvalue weighted by atomic mass is 16.5. The van der Waals surface area contributed by atoms with Crippen molar-refractivity contribution in [3.05, 3.63) is 73.6 Å². The van der Waals surface area contributed by atoms with Gasteiger partial charge in [-0.3, -0.25) is 0 Å². The van der Waals surface area contributed by atoms with Crippen molar-refractivity contribution >= 4 is 0 Å². The third-order valence-corrected chi connectivity index (χ3v) is 5.42. The molecule has 0 bridgehead atoms. The second-order valence-corrected chi connectivity index (χ2v) is 7.35. The molecule has 0 amide bonds. The summed E-state index contributed by atoms with van der Waals surface area (Å²) in [4.78, 5) is 7.25. The first kappa shape index (κ1) is 18.5. The minimum absolute atomic E-state index is 0.448. The first-order valence-electron chi connectivity index (χ1n) is 9.92. The summed E-state index contributed by atoms with van der Waals surface area (Å²) in [5, 5.41) is 0. The number of imidazole rings is 1. The molecule has 1 aliphatic rings. The molecule has 0 radical (unpaired) electrons. The molecule has 1 fully saturated rings. The van der Waals surface area contributed by atoms with Crippen LogP contribution in [0.3, 0.4) is 0 Å². The molecule has 0 atom stereocenters. The monoisotopic (exact) mass is 373 g/mol. The molecular formula is C24H27N3O. The highest BCUT2D eigenvalue weighted by molar-refractivity contribution is 5.81. The molecule has 0 N–H and O–H groups in total. The summed E-state index contributed by atoms with van der Waals surface area (Å²) < 4.78 is 8.36. The molecule has 4 rings (SSSR count). The van der Waals surface area contributed by atoms with Crippen LogP contribution in [-0.2, 0) is 0 Å². The second-order valence-electron chi connectivity index (χ2n) is 7.35. The van der Waals surface area contributed by atoms with E-state index in [4.69, 9.17) is 9.72 Å². The number of likely N-dealkylation sites (tertiary alicyclic amines) is 1. The van der Waals surface area contributed by atoms with E-state index in [1.54, 1.807) is 6.08 Å². The van der Waals surface area contributed by atoms with Crippen molar-refractivity contribution in [2.75, 3.05) is 26.7 Å². The van der Waals surface area contributed by atoms with E-state index in [9.17, 15) is 0 Å². The van der Waals surface area contributed by atoms with Crippen molar-refractivity contribution in [1.82, 2.24) is 14.5 Å². The van der Waals surface area contributed by atoms with Gasteiger partial charge in [0, 0.05) is 17.2 Å². The fraction of sp³-hybridized carbons (Fsp3) is 0.292. The van der Waals surface area contributed by atoms with Gasteiger partial charge in [-0.15, -0.1) is 0 Å². The standard InChI is InChI=1S/C24H27N3O/c1-3-17-28-22-12-8-7-11-21(22)24-23(19-9-5-4-6-10-19)25-18-27(24)20-13-15-26(2)16-14-20/h3-12,18,20H,1,13-17H2,2H3. The van der Waals surface area contributed by atoms with E-state index in [0.717, 1.165) is 54.2 Å². The molecule has 1 aliphatic heterocycles. The zero-order valence-corrected chi connectivity index (χ0v) is 16.4. The van der Waals surface area contributed by atoms with Gasteiger partial charge in [0.15, 0.2) is 0 Å². The number of piperidine rings is 1. The number of ether oxygens (including phenoxy) is 1. The molecule has 28 heavy (non-hydrogen) atoms. The van der Waals surface area contributed by atoms with Crippen LogP contribution in [0.1, 0.15) is 18.9 Å². The fourth-order valence-corrected chi connectivity index (χ4v) is 3.92. The molecule has 4 heteroatoms.